The molecule has 130 valence electrons. The summed E-state index contributed by atoms with van der Waals surface area (Å²) >= 11 is 5.69. The van der Waals surface area contributed by atoms with E-state index in [2.05, 4.69) is 0 Å². The summed E-state index contributed by atoms with van der Waals surface area (Å²) in [4.78, 5) is 25.7. The molecule has 25 heavy (non-hydrogen) atoms. The SMILES string of the molecule is CN(C)C(=O)[C@@H](OC(=O)/C=C/c1ccc(F)c(Cl)c1)c1ccccc1. The maximum Gasteiger partial charge on any atom is 0.331 e. The molecule has 1 atom stereocenters. The molecule has 0 spiro atoms. The van der Waals surface area contributed by atoms with Gasteiger partial charge in [0.1, 0.15) is 5.82 Å². The minimum absolute atomic E-state index is 0.0412. The Hall–Kier alpha value is -2.66. The number of hydrogen-bond donors (Lipinski definition) is 0. The molecule has 0 unspecified atom stereocenters. The van der Waals surface area contributed by atoms with Gasteiger partial charge in [-0.2, -0.15) is 0 Å². The molecular formula is C19H17ClFNO3. The third-order valence-electron chi connectivity index (χ3n) is 3.36. The highest BCUT2D eigenvalue weighted by Crippen LogP contribution is 2.20. The molecule has 2 rings (SSSR count). The summed E-state index contributed by atoms with van der Waals surface area (Å²) in [5, 5.41) is -0.0412. The topological polar surface area (TPSA) is 46.6 Å². The van der Waals surface area contributed by atoms with Gasteiger partial charge in [0.15, 0.2) is 0 Å². The van der Waals surface area contributed by atoms with Crippen LogP contribution in [0.5, 0.6) is 0 Å². The number of likely N-dealkylation sites (N-methyl/N-ethyl adjacent to an activating group) is 1. The molecule has 0 N–H and O–H groups in total. The fourth-order valence-corrected chi connectivity index (χ4v) is 2.25. The molecule has 0 heterocycles. The van der Waals surface area contributed by atoms with E-state index in [0.29, 0.717) is 11.1 Å². The summed E-state index contributed by atoms with van der Waals surface area (Å²) in [6, 6.07) is 12.8. The lowest BCUT2D eigenvalue weighted by Gasteiger charge is -2.20. The number of halogens is 2. The van der Waals surface area contributed by atoms with Crippen molar-refractivity contribution in [1.29, 1.82) is 0 Å². The highest BCUT2D eigenvalue weighted by molar-refractivity contribution is 6.30. The van der Waals surface area contributed by atoms with E-state index in [-0.39, 0.29) is 10.9 Å². The number of amides is 1. The second-order valence-corrected chi connectivity index (χ2v) is 5.87. The number of rotatable bonds is 5. The second-order valence-electron chi connectivity index (χ2n) is 5.47. The van der Waals surface area contributed by atoms with Crippen LogP contribution in [0.3, 0.4) is 0 Å². The number of benzene rings is 2. The number of nitrogens with zero attached hydrogens (tertiary/aromatic N) is 1. The predicted molar refractivity (Wildman–Crippen MR) is 94.4 cm³/mol. The molecule has 2 aromatic rings. The summed E-state index contributed by atoms with van der Waals surface area (Å²) in [7, 11) is 3.17. The Morgan fingerprint density at radius 1 is 1.16 bits per heavy atom. The molecule has 0 bridgehead atoms. The Morgan fingerprint density at radius 2 is 1.84 bits per heavy atom. The van der Waals surface area contributed by atoms with Gasteiger partial charge in [0.25, 0.3) is 5.91 Å². The van der Waals surface area contributed by atoms with Gasteiger partial charge < -0.3 is 9.64 Å². The maximum absolute atomic E-state index is 13.1. The van der Waals surface area contributed by atoms with Crippen molar-refractivity contribution in [2.75, 3.05) is 14.1 Å². The van der Waals surface area contributed by atoms with Crippen molar-refractivity contribution in [3.8, 4) is 0 Å². The third-order valence-corrected chi connectivity index (χ3v) is 3.65. The van der Waals surface area contributed by atoms with Gasteiger partial charge in [-0.25, -0.2) is 9.18 Å². The number of hydrogen-bond acceptors (Lipinski definition) is 3. The highest BCUT2D eigenvalue weighted by Gasteiger charge is 2.25. The van der Waals surface area contributed by atoms with Crippen LogP contribution < -0.4 is 0 Å². The molecular weight excluding hydrogens is 345 g/mol. The van der Waals surface area contributed by atoms with Crippen molar-refractivity contribution >= 4 is 29.6 Å². The summed E-state index contributed by atoms with van der Waals surface area (Å²) in [6.45, 7) is 0. The van der Waals surface area contributed by atoms with E-state index in [1.807, 2.05) is 0 Å². The lowest BCUT2D eigenvalue weighted by Crippen LogP contribution is -2.30. The van der Waals surface area contributed by atoms with Crippen molar-refractivity contribution in [3.05, 3.63) is 76.6 Å². The highest BCUT2D eigenvalue weighted by atomic mass is 35.5. The number of carbonyl (C=O) groups is 2. The summed E-state index contributed by atoms with van der Waals surface area (Å²) < 4.78 is 18.4. The van der Waals surface area contributed by atoms with Crippen LogP contribution in [-0.2, 0) is 14.3 Å². The molecule has 0 fully saturated rings. The molecule has 1 amide bonds. The smallest absolute Gasteiger partial charge is 0.331 e. The first-order valence-corrected chi connectivity index (χ1v) is 7.86. The van der Waals surface area contributed by atoms with Crippen LogP contribution >= 0.6 is 11.6 Å². The van der Waals surface area contributed by atoms with Crippen LogP contribution in [0.25, 0.3) is 6.08 Å². The van der Waals surface area contributed by atoms with Gasteiger partial charge >= 0.3 is 5.97 Å². The zero-order valence-corrected chi connectivity index (χ0v) is 14.5. The molecule has 0 saturated carbocycles. The van der Waals surface area contributed by atoms with Gasteiger partial charge in [-0.15, -0.1) is 0 Å². The fourth-order valence-electron chi connectivity index (χ4n) is 2.06. The van der Waals surface area contributed by atoms with Crippen LogP contribution in [0.15, 0.2) is 54.6 Å². The van der Waals surface area contributed by atoms with E-state index in [1.54, 1.807) is 44.4 Å². The molecule has 0 saturated heterocycles. The van der Waals surface area contributed by atoms with Crippen molar-refractivity contribution in [3.63, 3.8) is 0 Å². The molecule has 6 heteroatoms. The monoisotopic (exact) mass is 361 g/mol. The largest absolute Gasteiger partial charge is 0.444 e. The lowest BCUT2D eigenvalue weighted by molar-refractivity contribution is -0.155. The van der Waals surface area contributed by atoms with Gasteiger partial charge in [-0.1, -0.05) is 48.0 Å². The first-order chi connectivity index (χ1) is 11.9. The van der Waals surface area contributed by atoms with Crippen molar-refractivity contribution in [2.45, 2.75) is 6.10 Å². The third kappa shape index (κ3) is 5.16. The normalized spacial score (nSPS) is 12.0. The van der Waals surface area contributed by atoms with E-state index >= 15 is 0 Å². The van der Waals surface area contributed by atoms with Crippen LogP contribution in [0.4, 0.5) is 4.39 Å². The Balaban J connectivity index is 2.15. The second kappa shape index (κ2) is 8.44. The van der Waals surface area contributed by atoms with Crippen LogP contribution in [0.1, 0.15) is 17.2 Å². The number of ether oxygens (including phenoxy) is 1. The average molecular weight is 362 g/mol. The molecule has 0 aromatic heterocycles. The summed E-state index contributed by atoms with van der Waals surface area (Å²) in [5.41, 5.74) is 1.12. The number of carbonyl (C=O) groups excluding carboxylic acids is 2. The zero-order valence-electron chi connectivity index (χ0n) is 13.8. The molecule has 2 aromatic carbocycles. The van der Waals surface area contributed by atoms with Crippen molar-refractivity contribution < 1.29 is 18.7 Å². The van der Waals surface area contributed by atoms with Crippen LogP contribution in [0, 0.1) is 5.82 Å². The quantitative estimate of drug-likeness (QED) is 0.600. The average Bonchev–Trinajstić information content (AvgIpc) is 2.60. The summed E-state index contributed by atoms with van der Waals surface area (Å²) in [5.74, 6) is -1.58. The Morgan fingerprint density at radius 3 is 2.44 bits per heavy atom. The number of esters is 1. The first-order valence-electron chi connectivity index (χ1n) is 7.48. The molecule has 0 aliphatic carbocycles. The first kappa shape index (κ1) is 18.7. The van der Waals surface area contributed by atoms with Gasteiger partial charge in [-0.3, -0.25) is 4.79 Å². The summed E-state index contributed by atoms with van der Waals surface area (Å²) in [6.07, 6.45) is 1.57. The van der Waals surface area contributed by atoms with E-state index in [0.717, 1.165) is 0 Å². The fraction of sp³-hybridized carbons (Fsp3) is 0.158. The van der Waals surface area contributed by atoms with Gasteiger partial charge in [0.2, 0.25) is 6.10 Å². The molecule has 0 aliphatic heterocycles. The molecule has 0 radical (unpaired) electrons. The van der Waals surface area contributed by atoms with E-state index in [4.69, 9.17) is 16.3 Å². The van der Waals surface area contributed by atoms with Gasteiger partial charge in [0.05, 0.1) is 5.02 Å². The Labute approximate surface area is 150 Å². The lowest BCUT2D eigenvalue weighted by atomic mass is 10.1. The van der Waals surface area contributed by atoms with Crippen LogP contribution in [-0.4, -0.2) is 30.9 Å². The predicted octanol–water partition coefficient (Wildman–Crippen LogP) is 3.87. The zero-order chi connectivity index (χ0) is 18.4. The maximum atomic E-state index is 13.1. The van der Waals surface area contributed by atoms with Crippen molar-refractivity contribution in [2.24, 2.45) is 0 Å². The minimum Gasteiger partial charge on any atom is -0.444 e. The van der Waals surface area contributed by atoms with Gasteiger partial charge in [0, 0.05) is 25.7 Å². The molecule has 4 nitrogen and oxygen atoms in total. The Bertz CT molecular complexity index is 791. The molecule has 0 aliphatic rings. The van der Waals surface area contributed by atoms with E-state index in [9.17, 15) is 14.0 Å². The van der Waals surface area contributed by atoms with Crippen LogP contribution in [0.2, 0.25) is 5.02 Å². The minimum atomic E-state index is -1.04. The van der Waals surface area contributed by atoms with Gasteiger partial charge in [-0.05, 0) is 23.8 Å². The van der Waals surface area contributed by atoms with E-state index < -0.39 is 17.9 Å². The Kier molecular flexibility index (Phi) is 6.31. The van der Waals surface area contributed by atoms with E-state index in [1.165, 1.54) is 35.3 Å². The standard InChI is InChI=1S/C19H17ClFNO3/c1-22(2)19(24)18(14-6-4-3-5-7-14)25-17(23)11-9-13-8-10-16(21)15(20)12-13/h3-12,18H,1-2H3/b11-9+/t18-/m0/s1. The van der Waals surface area contributed by atoms with Crippen molar-refractivity contribution in [1.82, 2.24) is 4.90 Å².